The molecule has 0 aliphatic rings. The zero-order valence-corrected chi connectivity index (χ0v) is 10.5. The van der Waals surface area contributed by atoms with Crippen LogP contribution in [0.15, 0.2) is 42.6 Å². The number of nitrogens with zero attached hydrogens (tertiary/aromatic N) is 2. The van der Waals surface area contributed by atoms with Crippen LogP contribution in [-0.2, 0) is 4.74 Å². The maximum atomic E-state index is 12.1. The van der Waals surface area contributed by atoms with Gasteiger partial charge in [0.2, 0.25) is 0 Å². The number of carbonyl (C=O) groups is 1. The van der Waals surface area contributed by atoms with Gasteiger partial charge in [-0.2, -0.15) is 5.10 Å². The highest BCUT2D eigenvalue weighted by atomic mass is 16.5. The molecule has 94 valence electrons. The monoisotopic (exact) mass is 244 g/mol. The molecular weight excluding hydrogens is 228 g/mol. The van der Waals surface area contributed by atoms with Crippen LogP contribution in [0.1, 0.15) is 23.8 Å². The molecule has 0 saturated heterocycles. The molecule has 0 N–H and O–H groups in total. The highest BCUT2D eigenvalue weighted by Crippen LogP contribution is 2.13. The first-order chi connectivity index (χ1) is 8.72. The predicted molar refractivity (Wildman–Crippen MR) is 69.0 cm³/mol. The van der Waals surface area contributed by atoms with Crippen LogP contribution in [0.25, 0.3) is 5.69 Å². The second-order valence-electron chi connectivity index (χ2n) is 4.14. The summed E-state index contributed by atoms with van der Waals surface area (Å²) in [5.41, 5.74) is 1.47. The highest BCUT2D eigenvalue weighted by Gasteiger charge is 2.15. The molecule has 0 amide bonds. The summed E-state index contributed by atoms with van der Waals surface area (Å²) in [5, 5.41) is 4.20. The Hall–Kier alpha value is -1.94. The average molecular weight is 244 g/mol. The van der Waals surface area contributed by atoms with Gasteiger partial charge in [-0.25, -0.2) is 4.68 Å². The molecule has 18 heavy (non-hydrogen) atoms. The molecule has 0 radical (unpaired) electrons. The van der Waals surface area contributed by atoms with E-state index in [9.17, 15) is 4.79 Å². The molecule has 1 aromatic carbocycles. The normalized spacial score (nSPS) is 12.3. The van der Waals surface area contributed by atoms with Crippen molar-refractivity contribution in [1.82, 2.24) is 9.78 Å². The Bertz CT molecular complexity index is 520. The molecule has 0 aliphatic carbocycles. The van der Waals surface area contributed by atoms with Crippen LogP contribution in [0.2, 0.25) is 0 Å². The summed E-state index contributed by atoms with van der Waals surface area (Å²) in [6.07, 6.45) is 1.91. The molecule has 2 aromatic rings. The minimum Gasteiger partial charge on any atom is -0.381 e. The molecule has 0 bridgehead atoms. The van der Waals surface area contributed by atoms with Crippen LogP contribution in [0, 0.1) is 0 Å². The van der Waals surface area contributed by atoms with Crippen LogP contribution in [0.4, 0.5) is 0 Å². The topological polar surface area (TPSA) is 44.1 Å². The molecular formula is C14H16N2O2. The van der Waals surface area contributed by atoms with E-state index in [0.717, 1.165) is 5.69 Å². The number of para-hydroxylation sites is 1. The summed E-state index contributed by atoms with van der Waals surface area (Å²) < 4.78 is 6.77. The Kier molecular flexibility index (Phi) is 3.89. The van der Waals surface area contributed by atoms with Crippen LogP contribution in [0.5, 0.6) is 0 Å². The summed E-state index contributed by atoms with van der Waals surface area (Å²) in [6, 6.07) is 11.3. The Labute approximate surface area is 106 Å². The maximum Gasteiger partial charge on any atom is 0.183 e. The fourth-order valence-corrected chi connectivity index (χ4v) is 1.74. The van der Waals surface area contributed by atoms with Gasteiger partial charge in [0.1, 0.15) is 5.69 Å². The van der Waals surface area contributed by atoms with Gasteiger partial charge in [-0.05, 0) is 25.1 Å². The minimum absolute atomic E-state index is 0.0331. The summed E-state index contributed by atoms with van der Waals surface area (Å²) >= 11 is 0. The molecule has 0 spiro atoms. The Morgan fingerprint density at radius 1 is 1.33 bits per heavy atom. The number of aromatic nitrogens is 2. The summed E-state index contributed by atoms with van der Waals surface area (Å²) in [4.78, 5) is 12.1. The third-order valence-electron chi connectivity index (χ3n) is 2.80. The van der Waals surface area contributed by atoms with Crippen molar-refractivity contribution in [3.05, 3.63) is 48.3 Å². The number of benzene rings is 1. The summed E-state index contributed by atoms with van der Waals surface area (Å²) in [7, 11) is 1.60. The van der Waals surface area contributed by atoms with Crippen LogP contribution in [0.3, 0.4) is 0 Å². The first kappa shape index (κ1) is 12.5. The molecule has 0 fully saturated rings. The van der Waals surface area contributed by atoms with Crippen LogP contribution < -0.4 is 0 Å². The number of ether oxygens (including phenoxy) is 1. The summed E-state index contributed by atoms with van der Waals surface area (Å²) in [5.74, 6) is 0.0331. The van der Waals surface area contributed by atoms with Crippen LogP contribution >= 0.6 is 0 Å². The Balaban J connectivity index is 2.26. The van der Waals surface area contributed by atoms with E-state index in [1.54, 1.807) is 24.1 Å². The van der Waals surface area contributed by atoms with Gasteiger partial charge >= 0.3 is 0 Å². The third-order valence-corrected chi connectivity index (χ3v) is 2.80. The number of rotatable bonds is 5. The lowest BCUT2D eigenvalue weighted by Crippen LogP contribution is -2.15. The van der Waals surface area contributed by atoms with E-state index in [-0.39, 0.29) is 11.9 Å². The van der Waals surface area contributed by atoms with Gasteiger partial charge in [-0.15, -0.1) is 0 Å². The van der Waals surface area contributed by atoms with Gasteiger partial charge in [0.05, 0.1) is 18.0 Å². The van der Waals surface area contributed by atoms with Crippen LogP contribution in [-0.4, -0.2) is 28.8 Å². The predicted octanol–water partition coefficient (Wildman–Crippen LogP) is 2.48. The van der Waals surface area contributed by atoms with Crippen molar-refractivity contribution in [2.24, 2.45) is 0 Å². The maximum absolute atomic E-state index is 12.1. The summed E-state index contributed by atoms with van der Waals surface area (Å²) in [6.45, 7) is 1.88. The molecule has 1 heterocycles. The van der Waals surface area contributed by atoms with Gasteiger partial charge in [0.15, 0.2) is 5.78 Å². The lowest BCUT2D eigenvalue weighted by Gasteiger charge is -2.10. The number of hydrogen-bond acceptors (Lipinski definition) is 3. The van der Waals surface area contributed by atoms with Crippen molar-refractivity contribution in [2.45, 2.75) is 19.4 Å². The highest BCUT2D eigenvalue weighted by molar-refractivity contribution is 5.95. The first-order valence-electron chi connectivity index (χ1n) is 5.88. The van der Waals surface area contributed by atoms with Crippen molar-refractivity contribution >= 4 is 5.78 Å². The van der Waals surface area contributed by atoms with Gasteiger partial charge in [-0.3, -0.25) is 4.79 Å². The van der Waals surface area contributed by atoms with Gasteiger partial charge in [0, 0.05) is 13.5 Å². The van der Waals surface area contributed by atoms with Crippen molar-refractivity contribution in [3.8, 4) is 5.69 Å². The standard InChI is InChI=1S/C14H16N2O2/c1-11(18-2)10-14(17)13-8-9-15-16(13)12-6-4-3-5-7-12/h3-9,11H,10H2,1-2H3. The lowest BCUT2D eigenvalue weighted by atomic mass is 10.1. The van der Waals surface area contributed by atoms with E-state index in [2.05, 4.69) is 5.10 Å². The first-order valence-corrected chi connectivity index (χ1v) is 5.88. The zero-order valence-electron chi connectivity index (χ0n) is 10.5. The van der Waals surface area contributed by atoms with E-state index in [4.69, 9.17) is 4.74 Å². The molecule has 4 nitrogen and oxygen atoms in total. The van der Waals surface area contributed by atoms with E-state index in [1.807, 2.05) is 37.3 Å². The van der Waals surface area contributed by atoms with E-state index < -0.39 is 0 Å². The third kappa shape index (κ3) is 2.65. The van der Waals surface area contributed by atoms with Gasteiger partial charge < -0.3 is 4.74 Å². The molecule has 0 aliphatic heterocycles. The number of Topliss-reactive ketones (excluding diaryl/α,β-unsaturated/α-hetero) is 1. The number of hydrogen-bond donors (Lipinski definition) is 0. The smallest absolute Gasteiger partial charge is 0.183 e. The van der Waals surface area contributed by atoms with E-state index in [0.29, 0.717) is 12.1 Å². The molecule has 1 atom stereocenters. The molecule has 4 heteroatoms. The Morgan fingerprint density at radius 3 is 2.72 bits per heavy atom. The second-order valence-corrected chi connectivity index (χ2v) is 4.14. The number of methoxy groups -OCH3 is 1. The molecule has 2 rings (SSSR count). The minimum atomic E-state index is -0.0865. The van der Waals surface area contributed by atoms with E-state index >= 15 is 0 Å². The van der Waals surface area contributed by atoms with Crippen molar-refractivity contribution < 1.29 is 9.53 Å². The van der Waals surface area contributed by atoms with Gasteiger partial charge in [-0.1, -0.05) is 18.2 Å². The van der Waals surface area contributed by atoms with E-state index in [1.165, 1.54) is 0 Å². The number of carbonyl (C=O) groups excluding carboxylic acids is 1. The number of ketones is 1. The lowest BCUT2D eigenvalue weighted by molar-refractivity contribution is 0.0785. The fraction of sp³-hybridized carbons (Fsp3) is 0.286. The largest absolute Gasteiger partial charge is 0.381 e. The fourth-order valence-electron chi connectivity index (χ4n) is 1.74. The second kappa shape index (κ2) is 5.60. The quantitative estimate of drug-likeness (QED) is 0.759. The molecule has 1 aromatic heterocycles. The molecule has 0 saturated carbocycles. The van der Waals surface area contributed by atoms with Gasteiger partial charge in [0.25, 0.3) is 0 Å². The SMILES string of the molecule is COC(C)CC(=O)c1ccnn1-c1ccccc1. The van der Waals surface area contributed by atoms with Crippen molar-refractivity contribution in [1.29, 1.82) is 0 Å². The molecule has 1 unspecified atom stereocenters. The van der Waals surface area contributed by atoms with Crippen molar-refractivity contribution in [3.63, 3.8) is 0 Å². The Morgan fingerprint density at radius 2 is 2.06 bits per heavy atom. The van der Waals surface area contributed by atoms with Crippen molar-refractivity contribution in [2.75, 3.05) is 7.11 Å². The zero-order chi connectivity index (χ0) is 13.0. The average Bonchev–Trinajstić information content (AvgIpc) is 2.88.